The van der Waals surface area contributed by atoms with E-state index < -0.39 is 0 Å². The molecule has 2 aliphatic rings. The molecule has 2 unspecified atom stereocenters. The van der Waals surface area contributed by atoms with Gasteiger partial charge >= 0.3 is 0 Å². The van der Waals surface area contributed by atoms with Gasteiger partial charge in [-0.15, -0.1) is 0 Å². The van der Waals surface area contributed by atoms with E-state index in [2.05, 4.69) is 47.6 Å². The lowest BCUT2D eigenvalue weighted by Crippen LogP contribution is -2.37. The topological polar surface area (TPSA) is 36.5 Å². The molecule has 1 saturated heterocycles. The standard InChI is InChI=1S/C17H27N3O/c1-13(20-8-3-6-18-7-9-20)10-15-4-5-17-16(11-15)19-12-14(2)21-17/h4-5,11,13-14,18-19H,3,6-10,12H2,1-2H3. The summed E-state index contributed by atoms with van der Waals surface area (Å²) in [7, 11) is 0. The largest absolute Gasteiger partial charge is 0.487 e. The molecule has 2 N–H and O–H groups in total. The Morgan fingerprint density at radius 3 is 3.14 bits per heavy atom. The van der Waals surface area contributed by atoms with E-state index >= 15 is 0 Å². The summed E-state index contributed by atoms with van der Waals surface area (Å²) >= 11 is 0. The monoisotopic (exact) mass is 289 g/mol. The summed E-state index contributed by atoms with van der Waals surface area (Å²) in [5.74, 6) is 0.990. The average Bonchev–Trinajstić information content (AvgIpc) is 2.76. The van der Waals surface area contributed by atoms with Crippen molar-refractivity contribution in [2.45, 2.75) is 38.8 Å². The van der Waals surface area contributed by atoms with Gasteiger partial charge in [0, 0.05) is 19.1 Å². The van der Waals surface area contributed by atoms with Crippen LogP contribution in [0.3, 0.4) is 0 Å². The van der Waals surface area contributed by atoms with Gasteiger partial charge in [0.2, 0.25) is 0 Å². The highest BCUT2D eigenvalue weighted by Crippen LogP contribution is 2.30. The van der Waals surface area contributed by atoms with Crippen LogP contribution in [0.1, 0.15) is 25.8 Å². The molecule has 0 bridgehead atoms. The second kappa shape index (κ2) is 6.67. The number of nitrogens with zero attached hydrogens (tertiary/aromatic N) is 1. The number of nitrogens with one attached hydrogen (secondary N) is 2. The quantitative estimate of drug-likeness (QED) is 0.893. The smallest absolute Gasteiger partial charge is 0.142 e. The van der Waals surface area contributed by atoms with Crippen LogP contribution in [0.25, 0.3) is 0 Å². The summed E-state index contributed by atoms with van der Waals surface area (Å²) in [4.78, 5) is 2.60. The van der Waals surface area contributed by atoms with E-state index in [1.54, 1.807) is 0 Å². The fourth-order valence-electron chi connectivity index (χ4n) is 3.23. The molecule has 4 heteroatoms. The Morgan fingerprint density at radius 1 is 1.33 bits per heavy atom. The van der Waals surface area contributed by atoms with Crippen molar-refractivity contribution in [3.8, 4) is 5.75 Å². The van der Waals surface area contributed by atoms with Crippen LogP contribution < -0.4 is 15.4 Å². The van der Waals surface area contributed by atoms with Crippen molar-refractivity contribution in [3.05, 3.63) is 23.8 Å². The molecule has 0 spiro atoms. The number of hydrogen-bond donors (Lipinski definition) is 2. The number of benzene rings is 1. The summed E-state index contributed by atoms with van der Waals surface area (Å²) in [6.45, 7) is 9.96. The van der Waals surface area contributed by atoms with Gasteiger partial charge in [0.1, 0.15) is 11.9 Å². The van der Waals surface area contributed by atoms with Crippen molar-refractivity contribution < 1.29 is 4.74 Å². The van der Waals surface area contributed by atoms with Crippen molar-refractivity contribution in [2.75, 3.05) is 38.0 Å². The lowest BCUT2D eigenvalue weighted by atomic mass is 10.0. The van der Waals surface area contributed by atoms with Crippen molar-refractivity contribution in [1.29, 1.82) is 0 Å². The van der Waals surface area contributed by atoms with Crippen molar-refractivity contribution in [3.63, 3.8) is 0 Å². The predicted octanol–water partition coefficient (Wildman–Crippen LogP) is 2.11. The first-order valence-electron chi connectivity index (χ1n) is 8.20. The van der Waals surface area contributed by atoms with Gasteiger partial charge in [-0.3, -0.25) is 4.90 Å². The molecule has 1 aromatic carbocycles. The third-order valence-electron chi connectivity index (χ3n) is 4.48. The lowest BCUT2D eigenvalue weighted by Gasteiger charge is -2.28. The zero-order valence-electron chi connectivity index (χ0n) is 13.2. The fourth-order valence-corrected chi connectivity index (χ4v) is 3.23. The Labute approximate surface area is 127 Å². The van der Waals surface area contributed by atoms with E-state index in [-0.39, 0.29) is 6.10 Å². The van der Waals surface area contributed by atoms with Crippen LogP contribution in [0.5, 0.6) is 5.75 Å². The van der Waals surface area contributed by atoms with Crippen LogP contribution in [-0.2, 0) is 6.42 Å². The summed E-state index contributed by atoms with van der Waals surface area (Å²) in [6.07, 6.45) is 2.61. The van der Waals surface area contributed by atoms with Gasteiger partial charge < -0.3 is 15.4 Å². The Morgan fingerprint density at radius 2 is 2.24 bits per heavy atom. The van der Waals surface area contributed by atoms with Gasteiger partial charge in [-0.1, -0.05) is 6.07 Å². The van der Waals surface area contributed by atoms with Gasteiger partial charge in [0.15, 0.2) is 0 Å². The lowest BCUT2D eigenvalue weighted by molar-refractivity contribution is 0.220. The highest BCUT2D eigenvalue weighted by Gasteiger charge is 2.18. The molecule has 1 fully saturated rings. The molecule has 2 aliphatic heterocycles. The Hall–Kier alpha value is -1.26. The summed E-state index contributed by atoms with van der Waals surface area (Å²) in [6, 6.07) is 7.18. The van der Waals surface area contributed by atoms with Crippen molar-refractivity contribution in [2.24, 2.45) is 0 Å². The molecule has 2 heterocycles. The molecule has 1 aromatic rings. The molecular weight excluding hydrogens is 262 g/mol. The first kappa shape index (κ1) is 14.7. The number of rotatable bonds is 3. The average molecular weight is 289 g/mol. The van der Waals surface area contributed by atoms with Crippen LogP contribution in [0.15, 0.2) is 18.2 Å². The summed E-state index contributed by atoms with van der Waals surface area (Å²) in [5.41, 5.74) is 2.54. The molecule has 0 aliphatic carbocycles. The minimum Gasteiger partial charge on any atom is -0.487 e. The normalized spacial score (nSPS) is 24.4. The predicted molar refractivity (Wildman–Crippen MR) is 87.2 cm³/mol. The van der Waals surface area contributed by atoms with E-state index in [4.69, 9.17) is 4.74 Å². The first-order valence-corrected chi connectivity index (χ1v) is 8.20. The molecule has 21 heavy (non-hydrogen) atoms. The third-order valence-corrected chi connectivity index (χ3v) is 4.48. The Balaban J connectivity index is 1.64. The van der Waals surface area contributed by atoms with Gasteiger partial charge in [-0.05, 0) is 57.5 Å². The maximum atomic E-state index is 5.84. The molecule has 4 nitrogen and oxygen atoms in total. The van der Waals surface area contributed by atoms with Crippen LogP contribution >= 0.6 is 0 Å². The molecule has 116 valence electrons. The molecule has 0 radical (unpaired) electrons. The van der Waals surface area contributed by atoms with E-state index in [0.29, 0.717) is 6.04 Å². The van der Waals surface area contributed by atoms with E-state index in [1.165, 1.54) is 18.5 Å². The molecule has 3 rings (SSSR count). The van der Waals surface area contributed by atoms with Crippen LogP contribution in [0.2, 0.25) is 0 Å². The fraction of sp³-hybridized carbons (Fsp3) is 0.647. The minimum absolute atomic E-state index is 0.256. The summed E-state index contributed by atoms with van der Waals surface area (Å²) < 4.78 is 5.84. The van der Waals surface area contributed by atoms with Crippen LogP contribution in [0.4, 0.5) is 5.69 Å². The maximum absolute atomic E-state index is 5.84. The SMILES string of the molecule is CC1CNc2cc(CC(C)N3CCCNCC3)ccc2O1. The van der Waals surface area contributed by atoms with E-state index in [0.717, 1.165) is 44.0 Å². The van der Waals surface area contributed by atoms with Crippen LogP contribution in [0, 0.1) is 0 Å². The van der Waals surface area contributed by atoms with Crippen molar-refractivity contribution in [1.82, 2.24) is 10.2 Å². The van der Waals surface area contributed by atoms with Crippen molar-refractivity contribution >= 4 is 5.69 Å². The van der Waals surface area contributed by atoms with Gasteiger partial charge in [0.05, 0.1) is 12.2 Å². The number of hydrogen-bond acceptors (Lipinski definition) is 4. The molecule has 2 atom stereocenters. The number of fused-ring (bicyclic) bond motifs is 1. The van der Waals surface area contributed by atoms with E-state index in [1.807, 2.05) is 0 Å². The van der Waals surface area contributed by atoms with Gasteiger partial charge in [-0.2, -0.15) is 0 Å². The van der Waals surface area contributed by atoms with Gasteiger partial charge in [0.25, 0.3) is 0 Å². The maximum Gasteiger partial charge on any atom is 0.142 e. The second-order valence-corrected chi connectivity index (χ2v) is 6.33. The second-order valence-electron chi connectivity index (χ2n) is 6.33. The highest BCUT2D eigenvalue weighted by atomic mass is 16.5. The Bertz CT molecular complexity index is 469. The highest BCUT2D eigenvalue weighted by molar-refractivity contribution is 5.59. The Kier molecular flexibility index (Phi) is 4.66. The molecular formula is C17H27N3O. The van der Waals surface area contributed by atoms with Gasteiger partial charge in [-0.25, -0.2) is 0 Å². The molecule has 0 saturated carbocycles. The number of anilines is 1. The number of ether oxygens (including phenoxy) is 1. The van der Waals surface area contributed by atoms with Crippen LogP contribution in [-0.4, -0.2) is 49.8 Å². The third kappa shape index (κ3) is 3.69. The zero-order chi connectivity index (χ0) is 14.7. The van der Waals surface area contributed by atoms with E-state index in [9.17, 15) is 0 Å². The molecule has 0 amide bonds. The molecule has 0 aromatic heterocycles. The summed E-state index contributed by atoms with van der Waals surface area (Å²) in [5, 5.41) is 6.94. The zero-order valence-corrected chi connectivity index (χ0v) is 13.2. The first-order chi connectivity index (χ1) is 10.2. The minimum atomic E-state index is 0.256.